The van der Waals surface area contributed by atoms with E-state index in [0.717, 1.165) is 38.1 Å². The molecule has 0 bridgehead atoms. The van der Waals surface area contributed by atoms with E-state index in [1.165, 1.54) is 12.3 Å². The normalized spacial score (nSPS) is 11.4. The van der Waals surface area contributed by atoms with E-state index in [2.05, 4.69) is 34.3 Å². The SMILES string of the molecule is CCCN(CCC)c1nncc(Nc2cccc(C(F)(F)F)c2)n1. The van der Waals surface area contributed by atoms with Gasteiger partial charge in [0.1, 0.15) is 0 Å². The number of hydrogen-bond donors (Lipinski definition) is 1. The summed E-state index contributed by atoms with van der Waals surface area (Å²) in [4.78, 5) is 6.36. The summed E-state index contributed by atoms with van der Waals surface area (Å²) in [5.41, 5.74) is -0.415. The number of hydrogen-bond acceptors (Lipinski definition) is 5. The van der Waals surface area contributed by atoms with Gasteiger partial charge in [0.25, 0.3) is 0 Å². The molecule has 0 fully saturated rings. The predicted molar refractivity (Wildman–Crippen MR) is 87.3 cm³/mol. The van der Waals surface area contributed by atoms with Gasteiger partial charge in [0.15, 0.2) is 5.82 Å². The third-order valence-electron chi connectivity index (χ3n) is 3.28. The van der Waals surface area contributed by atoms with Crippen LogP contribution in [0, 0.1) is 0 Å². The van der Waals surface area contributed by atoms with Gasteiger partial charge in [-0.25, -0.2) is 0 Å². The number of benzene rings is 1. The van der Waals surface area contributed by atoms with Crippen LogP contribution in [-0.2, 0) is 6.18 Å². The lowest BCUT2D eigenvalue weighted by Crippen LogP contribution is -2.27. The fraction of sp³-hybridized carbons (Fsp3) is 0.438. The molecule has 2 aromatic rings. The first kappa shape index (κ1) is 18.0. The highest BCUT2D eigenvalue weighted by molar-refractivity contribution is 5.57. The summed E-state index contributed by atoms with van der Waals surface area (Å²) in [5, 5.41) is 10.8. The molecule has 0 amide bonds. The van der Waals surface area contributed by atoms with Crippen LogP contribution in [0.1, 0.15) is 32.3 Å². The Kier molecular flexibility index (Phi) is 5.94. The second-order valence-electron chi connectivity index (χ2n) is 5.33. The van der Waals surface area contributed by atoms with Crippen molar-refractivity contribution in [1.82, 2.24) is 15.2 Å². The Balaban J connectivity index is 2.20. The molecule has 1 aromatic heterocycles. The van der Waals surface area contributed by atoms with Gasteiger partial charge >= 0.3 is 6.18 Å². The minimum atomic E-state index is -4.38. The van der Waals surface area contributed by atoms with Gasteiger partial charge in [0.2, 0.25) is 5.95 Å². The molecule has 1 aromatic carbocycles. The molecule has 1 N–H and O–H groups in total. The Bertz CT molecular complexity index is 654. The highest BCUT2D eigenvalue weighted by Gasteiger charge is 2.30. The first-order valence-electron chi connectivity index (χ1n) is 7.83. The molecule has 0 spiro atoms. The molecule has 0 unspecified atom stereocenters. The quantitative estimate of drug-likeness (QED) is 0.817. The second-order valence-corrected chi connectivity index (χ2v) is 5.33. The van der Waals surface area contributed by atoms with Crippen LogP contribution < -0.4 is 10.2 Å². The fourth-order valence-electron chi connectivity index (χ4n) is 2.26. The topological polar surface area (TPSA) is 53.9 Å². The molecule has 0 saturated heterocycles. The van der Waals surface area contributed by atoms with E-state index < -0.39 is 11.7 Å². The number of rotatable bonds is 7. The maximum atomic E-state index is 12.8. The lowest BCUT2D eigenvalue weighted by Gasteiger charge is -2.21. The monoisotopic (exact) mass is 339 g/mol. The number of alkyl halides is 3. The lowest BCUT2D eigenvalue weighted by molar-refractivity contribution is -0.137. The van der Waals surface area contributed by atoms with Crippen molar-refractivity contribution in [3.05, 3.63) is 36.0 Å². The molecule has 1 heterocycles. The summed E-state index contributed by atoms with van der Waals surface area (Å²) in [6.07, 6.45) is -1.12. The van der Waals surface area contributed by atoms with Crippen molar-refractivity contribution < 1.29 is 13.2 Å². The van der Waals surface area contributed by atoms with Gasteiger partial charge in [-0.2, -0.15) is 23.3 Å². The van der Waals surface area contributed by atoms with Gasteiger partial charge < -0.3 is 10.2 Å². The summed E-state index contributed by atoms with van der Waals surface area (Å²) >= 11 is 0. The van der Waals surface area contributed by atoms with Crippen LogP contribution in [0.2, 0.25) is 0 Å². The van der Waals surface area contributed by atoms with E-state index in [4.69, 9.17) is 0 Å². The van der Waals surface area contributed by atoms with Gasteiger partial charge in [-0.3, -0.25) is 0 Å². The molecule has 5 nitrogen and oxygen atoms in total. The first-order chi connectivity index (χ1) is 11.4. The summed E-state index contributed by atoms with van der Waals surface area (Å²) in [6.45, 7) is 5.70. The Labute approximate surface area is 138 Å². The molecule has 0 aliphatic carbocycles. The highest BCUT2D eigenvalue weighted by Crippen LogP contribution is 2.31. The highest BCUT2D eigenvalue weighted by atomic mass is 19.4. The van der Waals surface area contributed by atoms with E-state index >= 15 is 0 Å². The lowest BCUT2D eigenvalue weighted by atomic mass is 10.2. The molecule has 0 saturated carbocycles. The summed E-state index contributed by atoms with van der Waals surface area (Å²) in [5.74, 6) is 0.826. The molecule has 0 aliphatic heterocycles. The van der Waals surface area contributed by atoms with E-state index in [-0.39, 0.29) is 0 Å². The Morgan fingerprint density at radius 2 is 1.83 bits per heavy atom. The molecular formula is C16H20F3N5. The zero-order valence-corrected chi connectivity index (χ0v) is 13.6. The van der Waals surface area contributed by atoms with Crippen LogP contribution in [-0.4, -0.2) is 28.3 Å². The summed E-state index contributed by atoms with van der Waals surface area (Å²) in [7, 11) is 0. The van der Waals surface area contributed by atoms with Gasteiger partial charge in [-0.15, -0.1) is 5.10 Å². The van der Waals surface area contributed by atoms with Crippen LogP contribution >= 0.6 is 0 Å². The van der Waals surface area contributed by atoms with E-state index in [9.17, 15) is 13.2 Å². The molecule has 24 heavy (non-hydrogen) atoms. The van der Waals surface area contributed by atoms with Crippen LogP contribution in [0.5, 0.6) is 0 Å². The molecule has 2 rings (SSSR count). The zero-order chi connectivity index (χ0) is 17.6. The molecule has 0 radical (unpaired) electrons. The molecular weight excluding hydrogens is 319 g/mol. The molecule has 0 aliphatic rings. The number of halogens is 3. The number of aromatic nitrogens is 3. The van der Waals surface area contributed by atoms with Crippen molar-refractivity contribution in [2.75, 3.05) is 23.3 Å². The van der Waals surface area contributed by atoms with Crippen LogP contribution in [0.25, 0.3) is 0 Å². The Morgan fingerprint density at radius 1 is 1.12 bits per heavy atom. The fourth-order valence-corrected chi connectivity index (χ4v) is 2.26. The smallest absolute Gasteiger partial charge is 0.339 e. The Morgan fingerprint density at radius 3 is 2.46 bits per heavy atom. The number of nitrogens with zero attached hydrogens (tertiary/aromatic N) is 4. The van der Waals surface area contributed by atoms with Crippen molar-refractivity contribution >= 4 is 17.5 Å². The van der Waals surface area contributed by atoms with Crippen molar-refractivity contribution in [2.24, 2.45) is 0 Å². The number of anilines is 3. The van der Waals surface area contributed by atoms with Gasteiger partial charge in [-0.1, -0.05) is 19.9 Å². The van der Waals surface area contributed by atoms with Crippen molar-refractivity contribution in [1.29, 1.82) is 0 Å². The third kappa shape index (κ3) is 4.81. The predicted octanol–water partition coefficient (Wildman–Crippen LogP) is 4.26. The van der Waals surface area contributed by atoms with Crippen LogP contribution in [0.3, 0.4) is 0 Å². The molecule has 0 atom stereocenters. The standard InChI is InChI=1S/C16H20F3N5/c1-3-8-24(9-4-2)15-22-14(11-20-23-15)21-13-7-5-6-12(10-13)16(17,18)19/h5-7,10-11H,3-4,8-9H2,1-2H3,(H,21,22,23). The third-order valence-corrected chi connectivity index (χ3v) is 3.28. The van der Waals surface area contributed by atoms with Gasteiger partial charge in [0.05, 0.1) is 11.8 Å². The molecule has 8 heteroatoms. The van der Waals surface area contributed by atoms with E-state index in [0.29, 0.717) is 17.5 Å². The van der Waals surface area contributed by atoms with Crippen LogP contribution in [0.4, 0.5) is 30.6 Å². The largest absolute Gasteiger partial charge is 0.416 e. The minimum Gasteiger partial charge on any atom is -0.339 e. The van der Waals surface area contributed by atoms with Crippen molar-refractivity contribution in [3.8, 4) is 0 Å². The average Bonchev–Trinajstić information content (AvgIpc) is 2.54. The average molecular weight is 339 g/mol. The summed E-state index contributed by atoms with van der Waals surface area (Å²) in [6, 6.07) is 4.96. The second kappa shape index (κ2) is 7.94. The van der Waals surface area contributed by atoms with E-state index in [1.54, 1.807) is 6.07 Å². The maximum Gasteiger partial charge on any atom is 0.416 e. The van der Waals surface area contributed by atoms with Gasteiger partial charge in [0, 0.05) is 18.8 Å². The van der Waals surface area contributed by atoms with Crippen LogP contribution in [0.15, 0.2) is 30.5 Å². The first-order valence-corrected chi connectivity index (χ1v) is 7.83. The number of nitrogens with one attached hydrogen (secondary N) is 1. The van der Waals surface area contributed by atoms with E-state index in [1.807, 2.05) is 4.90 Å². The zero-order valence-electron chi connectivity index (χ0n) is 13.6. The van der Waals surface area contributed by atoms with Gasteiger partial charge in [-0.05, 0) is 31.0 Å². The van der Waals surface area contributed by atoms with Crippen molar-refractivity contribution in [2.45, 2.75) is 32.9 Å². The minimum absolute atomic E-state index is 0.300. The van der Waals surface area contributed by atoms with Crippen molar-refractivity contribution in [3.63, 3.8) is 0 Å². The summed E-state index contributed by atoms with van der Waals surface area (Å²) < 4.78 is 38.3. The Hall–Kier alpha value is -2.38. The maximum absolute atomic E-state index is 12.8. The molecule has 130 valence electrons.